The fraction of sp³-hybridized carbons (Fsp3) is 0. The van der Waals surface area contributed by atoms with Crippen LogP contribution in [-0.4, -0.2) is 48.8 Å². The van der Waals surface area contributed by atoms with Crippen LogP contribution in [0.1, 0.15) is 13.2 Å². The van der Waals surface area contributed by atoms with Crippen molar-refractivity contribution in [3.05, 3.63) is 48.0 Å². The molecule has 0 amide bonds. The summed E-state index contributed by atoms with van der Waals surface area (Å²) in [6.07, 6.45) is 0. The zero-order valence-electron chi connectivity index (χ0n) is 9.94. The van der Waals surface area contributed by atoms with Gasteiger partial charge in [-0.15, -0.1) is 0 Å². The molecule has 0 bridgehead atoms. The minimum absolute atomic E-state index is 0. The van der Waals surface area contributed by atoms with Gasteiger partial charge in [0.1, 0.15) is 0 Å². The molecule has 2 nitrogen and oxygen atoms in total. The Hall–Kier alpha value is -0.0638. The van der Waals surface area contributed by atoms with Gasteiger partial charge in [0.05, 0.1) is 5.56 Å². The normalized spacial score (nSPS) is 8.80. The summed E-state index contributed by atoms with van der Waals surface area (Å²) in [5.74, 6) is -0.878. The average molecular weight is 273 g/mol. The van der Waals surface area contributed by atoms with Gasteiger partial charge in [-0.1, -0.05) is 36.4 Å². The van der Waals surface area contributed by atoms with E-state index in [4.69, 9.17) is 5.11 Å². The van der Waals surface area contributed by atoms with Gasteiger partial charge in [-0.25, -0.2) is 4.79 Å². The smallest absolute Gasteiger partial charge is 1.00 e. The first-order chi connectivity index (χ1) is 6.29. The van der Waals surface area contributed by atoms with E-state index in [1.165, 1.54) is 0 Å². The molecule has 2 rings (SSSR count). The van der Waals surface area contributed by atoms with Crippen molar-refractivity contribution in [3.8, 4) is 0 Å². The van der Waals surface area contributed by atoms with Gasteiger partial charge in [0, 0.05) is 16.8 Å². The maximum atomic E-state index is 10.8. The number of carboxylic acids is 1. The molecule has 2 aromatic rings. The fourth-order valence-electron chi connectivity index (χ4n) is 1.41. The Labute approximate surface area is 131 Å². The van der Waals surface area contributed by atoms with Gasteiger partial charge >= 0.3 is 43.7 Å². The zero-order valence-corrected chi connectivity index (χ0v) is 11.2. The third-order valence-electron chi connectivity index (χ3n) is 2.02. The summed E-state index contributed by atoms with van der Waals surface area (Å²) in [6.45, 7) is 0. The van der Waals surface area contributed by atoms with Crippen LogP contribution in [0, 0.1) is 0 Å². The van der Waals surface area contributed by atoms with Crippen LogP contribution < -0.4 is 0 Å². The van der Waals surface area contributed by atoms with Crippen molar-refractivity contribution in [1.82, 2.24) is 0 Å². The summed E-state index contributed by atoms with van der Waals surface area (Å²) in [4.78, 5) is 10.8. The fourth-order valence-corrected chi connectivity index (χ4v) is 1.41. The monoisotopic (exact) mass is 273 g/mol. The zero-order chi connectivity index (χ0) is 9.26. The number of aromatic carboxylic acids is 1. The van der Waals surface area contributed by atoms with E-state index in [0.717, 1.165) is 10.8 Å². The molecule has 0 aliphatic heterocycles. The number of hydrogen-bond acceptors (Lipinski definition) is 1. The Bertz CT molecular complexity index is 474. The quantitative estimate of drug-likeness (QED) is 0.810. The molecule has 0 aliphatic rings. The second kappa shape index (κ2) is 6.50. The topological polar surface area (TPSA) is 37.3 Å². The Morgan fingerprint density at radius 3 is 2.33 bits per heavy atom. The second-order valence-electron chi connectivity index (χ2n) is 2.83. The van der Waals surface area contributed by atoms with Gasteiger partial charge in [-0.2, -0.15) is 0 Å². The number of fused-ring (bicyclic) bond motifs is 1. The van der Waals surface area contributed by atoms with Crippen LogP contribution in [0.3, 0.4) is 0 Å². The van der Waals surface area contributed by atoms with Gasteiger partial charge in [-0.05, 0) is 16.8 Å². The molecule has 0 saturated carbocycles. The minimum atomic E-state index is -0.878. The summed E-state index contributed by atoms with van der Waals surface area (Å²) in [7, 11) is 0. The van der Waals surface area contributed by atoms with Gasteiger partial charge in [-0.3, -0.25) is 0 Å². The Morgan fingerprint density at radius 1 is 1.07 bits per heavy atom. The van der Waals surface area contributed by atoms with E-state index in [-0.39, 0.29) is 57.4 Å². The van der Waals surface area contributed by atoms with Crippen molar-refractivity contribution >= 4 is 54.5 Å². The van der Waals surface area contributed by atoms with Crippen LogP contribution in [0.4, 0.5) is 0 Å². The molecule has 0 fully saturated rings. The molecule has 15 heavy (non-hydrogen) atoms. The maximum Gasteiger partial charge on any atom is 2.00 e. The van der Waals surface area contributed by atoms with E-state index in [1.54, 1.807) is 12.1 Å². The SMILES string of the molecule is O=C(O)c1cccc2ccccc12.[Ca+2].[Co].[H-].[H-]. The molecule has 0 aromatic heterocycles. The molecule has 0 atom stereocenters. The van der Waals surface area contributed by atoms with Crippen LogP contribution in [0.25, 0.3) is 10.8 Å². The van der Waals surface area contributed by atoms with Gasteiger partial charge in [0.2, 0.25) is 0 Å². The third-order valence-corrected chi connectivity index (χ3v) is 2.02. The van der Waals surface area contributed by atoms with E-state index < -0.39 is 5.97 Å². The van der Waals surface area contributed by atoms with Crippen molar-refractivity contribution < 1.29 is 29.5 Å². The van der Waals surface area contributed by atoms with Crippen LogP contribution in [0.2, 0.25) is 0 Å². The number of carboxylic acid groups (broad SMARTS) is 1. The predicted octanol–water partition coefficient (Wildman–Crippen LogP) is 2.38. The van der Waals surface area contributed by atoms with Crippen molar-refractivity contribution in [2.75, 3.05) is 0 Å². The molecule has 2 aromatic carbocycles. The summed E-state index contributed by atoms with van der Waals surface area (Å²) in [5.41, 5.74) is 0.359. The first-order valence-corrected chi connectivity index (χ1v) is 4.00. The molecule has 1 N–H and O–H groups in total. The standard InChI is InChI=1S/C11H8O2.Ca.Co.2H/c12-11(13)10-7-3-5-8-4-1-2-6-9(8)10;;;;/h1-7H,(H,12,13);;;;/q;+2;;2*-1. The Balaban J connectivity index is -0.000000490. The van der Waals surface area contributed by atoms with E-state index in [9.17, 15) is 4.79 Å². The predicted molar refractivity (Wildman–Crippen MR) is 58.9 cm³/mol. The average Bonchev–Trinajstić information content (AvgIpc) is 2.17. The molecule has 0 unspecified atom stereocenters. The molecular formula is C11H10CaCoO2. The molecule has 0 spiro atoms. The summed E-state index contributed by atoms with van der Waals surface area (Å²) in [5, 5.41) is 10.6. The molecular weight excluding hydrogens is 263 g/mol. The molecule has 77 valence electrons. The summed E-state index contributed by atoms with van der Waals surface area (Å²) >= 11 is 0. The van der Waals surface area contributed by atoms with Crippen LogP contribution in [0.15, 0.2) is 42.5 Å². The second-order valence-corrected chi connectivity index (χ2v) is 2.83. The van der Waals surface area contributed by atoms with E-state index in [2.05, 4.69) is 0 Å². The number of carbonyl (C=O) groups is 1. The summed E-state index contributed by atoms with van der Waals surface area (Å²) in [6, 6.07) is 12.7. The van der Waals surface area contributed by atoms with E-state index in [1.807, 2.05) is 30.3 Å². The first kappa shape index (κ1) is 14.9. The molecule has 0 heterocycles. The van der Waals surface area contributed by atoms with Crippen LogP contribution in [0.5, 0.6) is 0 Å². The molecule has 0 saturated heterocycles. The Kier molecular flexibility index (Phi) is 6.48. The molecule has 0 aliphatic carbocycles. The van der Waals surface area contributed by atoms with Gasteiger partial charge in [0.25, 0.3) is 0 Å². The van der Waals surface area contributed by atoms with Crippen molar-refractivity contribution in [1.29, 1.82) is 0 Å². The number of benzene rings is 2. The Morgan fingerprint density at radius 2 is 1.67 bits per heavy atom. The first-order valence-electron chi connectivity index (χ1n) is 4.00. The van der Waals surface area contributed by atoms with Gasteiger partial charge in [0.15, 0.2) is 0 Å². The van der Waals surface area contributed by atoms with Crippen LogP contribution >= 0.6 is 0 Å². The number of rotatable bonds is 1. The largest absolute Gasteiger partial charge is 2.00 e. The van der Waals surface area contributed by atoms with Crippen molar-refractivity contribution in [3.63, 3.8) is 0 Å². The van der Waals surface area contributed by atoms with Crippen molar-refractivity contribution in [2.24, 2.45) is 0 Å². The van der Waals surface area contributed by atoms with Crippen LogP contribution in [-0.2, 0) is 16.8 Å². The molecule has 1 radical (unpaired) electrons. The van der Waals surface area contributed by atoms with E-state index in [0.29, 0.717) is 5.56 Å². The van der Waals surface area contributed by atoms with E-state index >= 15 is 0 Å². The minimum Gasteiger partial charge on any atom is -1.00 e. The molecule has 4 heteroatoms. The third kappa shape index (κ3) is 3.19. The number of hydrogen-bond donors (Lipinski definition) is 1. The summed E-state index contributed by atoms with van der Waals surface area (Å²) < 4.78 is 0. The van der Waals surface area contributed by atoms with Gasteiger partial charge < -0.3 is 7.96 Å². The van der Waals surface area contributed by atoms with Crippen molar-refractivity contribution in [2.45, 2.75) is 0 Å². The maximum absolute atomic E-state index is 10.8.